The van der Waals surface area contributed by atoms with E-state index in [1.807, 2.05) is 0 Å². The van der Waals surface area contributed by atoms with E-state index in [1.165, 1.54) is 28.8 Å². The van der Waals surface area contributed by atoms with E-state index in [0.29, 0.717) is 18.8 Å². The molecule has 1 aromatic heterocycles. The number of piperidine rings is 1. The van der Waals surface area contributed by atoms with Crippen LogP contribution >= 0.6 is 0 Å². The third-order valence-electron chi connectivity index (χ3n) is 3.62. The number of hydrogen-bond acceptors (Lipinski definition) is 5. The molecule has 0 N–H and O–H groups in total. The maximum atomic E-state index is 13.3. The van der Waals surface area contributed by atoms with E-state index in [4.69, 9.17) is 4.74 Å². The third kappa shape index (κ3) is 3.65. The van der Waals surface area contributed by atoms with Crippen molar-refractivity contribution in [1.29, 1.82) is 0 Å². The van der Waals surface area contributed by atoms with Crippen molar-refractivity contribution in [3.8, 4) is 5.88 Å². The summed E-state index contributed by atoms with van der Waals surface area (Å²) in [6.45, 7) is 0.603. The van der Waals surface area contributed by atoms with Gasteiger partial charge in [0, 0.05) is 18.8 Å². The number of halogens is 1. The largest absolute Gasteiger partial charge is 0.473 e. The molecular formula is C15H16FN3O3S. The standard InChI is InChI=1S/C15H16FN3O3S/c16-12-3-1-5-14(9-12)23(20,21)19-8-2-4-13(10-19)22-15-6-7-17-11-18-15/h1,3,5-7,9,11,13H,2,4,8,10H2. The molecule has 1 unspecified atom stereocenters. The van der Waals surface area contributed by atoms with Crippen molar-refractivity contribution >= 4 is 10.0 Å². The summed E-state index contributed by atoms with van der Waals surface area (Å²) >= 11 is 0. The van der Waals surface area contributed by atoms with Gasteiger partial charge in [-0.3, -0.25) is 0 Å². The van der Waals surface area contributed by atoms with E-state index in [1.54, 1.807) is 12.3 Å². The predicted molar refractivity (Wildman–Crippen MR) is 80.8 cm³/mol. The second-order valence-corrected chi connectivity index (χ2v) is 7.19. The molecule has 0 aliphatic carbocycles. The van der Waals surface area contributed by atoms with Gasteiger partial charge in [-0.15, -0.1) is 0 Å². The molecule has 23 heavy (non-hydrogen) atoms. The summed E-state index contributed by atoms with van der Waals surface area (Å²) < 4.78 is 45.6. The lowest BCUT2D eigenvalue weighted by Gasteiger charge is -2.31. The lowest BCUT2D eigenvalue weighted by atomic mass is 10.1. The van der Waals surface area contributed by atoms with E-state index in [0.717, 1.165) is 12.5 Å². The molecule has 1 aliphatic rings. The number of sulfonamides is 1. The Bertz CT molecular complexity index is 771. The van der Waals surface area contributed by atoms with Gasteiger partial charge >= 0.3 is 0 Å². The predicted octanol–water partition coefficient (Wildman–Crippen LogP) is 1.85. The van der Waals surface area contributed by atoms with Crippen LogP contribution in [0.15, 0.2) is 47.8 Å². The van der Waals surface area contributed by atoms with Crippen LogP contribution in [-0.2, 0) is 10.0 Å². The van der Waals surface area contributed by atoms with Gasteiger partial charge in [0.25, 0.3) is 0 Å². The summed E-state index contributed by atoms with van der Waals surface area (Å²) in [5.74, 6) is -0.160. The molecule has 3 rings (SSSR count). The summed E-state index contributed by atoms with van der Waals surface area (Å²) in [5, 5.41) is 0. The molecule has 6 nitrogen and oxygen atoms in total. The number of benzene rings is 1. The van der Waals surface area contributed by atoms with Crippen LogP contribution < -0.4 is 4.74 Å². The zero-order valence-electron chi connectivity index (χ0n) is 12.3. The van der Waals surface area contributed by atoms with Crippen LogP contribution in [0, 0.1) is 5.82 Å². The van der Waals surface area contributed by atoms with E-state index < -0.39 is 15.8 Å². The topological polar surface area (TPSA) is 72.4 Å². The minimum Gasteiger partial charge on any atom is -0.473 e. The van der Waals surface area contributed by atoms with Crippen LogP contribution in [0.5, 0.6) is 5.88 Å². The zero-order chi connectivity index (χ0) is 16.3. The van der Waals surface area contributed by atoms with Gasteiger partial charge in [-0.05, 0) is 31.0 Å². The van der Waals surface area contributed by atoms with E-state index >= 15 is 0 Å². The Hall–Kier alpha value is -2.06. The quantitative estimate of drug-likeness (QED) is 0.851. The molecule has 0 spiro atoms. The summed E-state index contributed by atoms with van der Waals surface area (Å²) in [4.78, 5) is 7.75. The summed E-state index contributed by atoms with van der Waals surface area (Å²) in [5.41, 5.74) is 0. The van der Waals surface area contributed by atoms with E-state index in [-0.39, 0.29) is 17.5 Å². The smallest absolute Gasteiger partial charge is 0.243 e. The fourth-order valence-electron chi connectivity index (χ4n) is 2.52. The summed E-state index contributed by atoms with van der Waals surface area (Å²) in [6.07, 6.45) is 4.05. The molecule has 122 valence electrons. The highest BCUT2D eigenvalue weighted by molar-refractivity contribution is 7.89. The Morgan fingerprint density at radius 3 is 2.91 bits per heavy atom. The van der Waals surface area contributed by atoms with Gasteiger partial charge in [0.05, 0.1) is 11.4 Å². The first-order valence-electron chi connectivity index (χ1n) is 7.24. The first-order valence-corrected chi connectivity index (χ1v) is 8.68. The Morgan fingerprint density at radius 2 is 2.17 bits per heavy atom. The molecule has 0 saturated carbocycles. The van der Waals surface area contributed by atoms with E-state index in [9.17, 15) is 12.8 Å². The van der Waals surface area contributed by atoms with Crippen LogP contribution in [-0.4, -0.2) is 41.9 Å². The fraction of sp³-hybridized carbons (Fsp3) is 0.333. The van der Waals surface area contributed by atoms with Crippen LogP contribution in [0.1, 0.15) is 12.8 Å². The molecule has 8 heteroatoms. The van der Waals surface area contributed by atoms with Gasteiger partial charge in [-0.1, -0.05) is 6.07 Å². The molecule has 0 amide bonds. The van der Waals surface area contributed by atoms with Crippen molar-refractivity contribution in [2.45, 2.75) is 23.8 Å². The molecule has 1 atom stereocenters. The molecule has 1 aromatic carbocycles. The maximum absolute atomic E-state index is 13.3. The molecule has 0 radical (unpaired) electrons. The average Bonchev–Trinajstić information content (AvgIpc) is 2.56. The number of aromatic nitrogens is 2. The van der Waals surface area contributed by atoms with Gasteiger partial charge in [-0.2, -0.15) is 4.31 Å². The van der Waals surface area contributed by atoms with E-state index in [2.05, 4.69) is 9.97 Å². The molecule has 2 aromatic rings. The lowest BCUT2D eigenvalue weighted by Crippen LogP contribution is -2.44. The highest BCUT2D eigenvalue weighted by Crippen LogP contribution is 2.23. The Labute approximate surface area is 134 Å². The third-order valence-corrected chi connectivity index (χ3v) is 5.48. The second-order valence-electron chi connectivity index (χ2n) is 5.25. The molecule has 1 fully saturated rings. The summed E-state index contributed by atoms with van der Waals surface area (Å²) in [6, 6.07) is 6.66. The monoisotopic (exact) mass is 337 g/mol. The molecule has 0 bridgehead atoms. The van der Waals surface area contributed by atoms with Crippen molar-refractivity contribution in [2.24, 2.45) is 0 Å². The lowest BCUT2D eigenvalue weighted by molar-refractivity contribution is 0.124. The first kappa shape index (κ1) is 15.8. The molecular weight excluding hydrogens is 321 g/mol. The van der Waals surface area contributed by atoms with Crippen molar-refractivity contribution in [3.05, 3.63) is 48.7 Å². The Balaban J connectivity index is 1.75. The Morgan fingerprint density at radius 1 is 1.30 bits per heavy atom. The van der Waals surface area contributed by atoms with Crippen molar-refractivity contribution in [1.82, 2.24) is 14.3 Å². The number of hydrogen-bond donors (Lipinski definition) is 0. The number of nitrogens with zero attached hydrogens (tertiary/aromatic N) is 3. The van der Waals surface area contributed by atoms with Crippen molar-refractivity contribution in [3.63, 3.8) is 0 Å². The van der Waals surface area contributed by atoms with Gasteiger partial charge < -0.3 is 4.74 Å². The highest BCUT2D eigenvalue weighted by Gasteiger charge is 2.31. The van der Waals surface area contributed by atoms with Crippen LogP contribution in [0.25, 0.3) is 0 Å². The zero-order valence-corrected chi connectivity index (χ0v) is 13.1. The van der Waals surface area contributed by atoms with Crippen LogP contribution in [0.2, 0.25) is 0 Å². The van der Waals surface area contributed by atoms with Crippen molar-refractivity contribution < 1.29 is 17.5 Å². The maximum Gasteiger partial charge on any atom is 0.243 e. The number of ether oxygens (including phenoxy) is 1. The minimum atomic E-state index is -3.73. The molecule has 1 aliphatic heterocycles. The molecule has 2 heterocycles. The second kappa shape index (κ2) is 6.59. The Kier molecular flexibility index (Phi) is 4.53. The van der Waals surface area contributed by atoms with Crippen LogP contribution in [0.4, 0.5) is 4.39 Å². The highest BCUT2D eigenvalue weighted by atomic mass is 32.2. The SMILES string of the molecule is O=S(=O)(c1cccc(F)c1)N1CCCC(Oc2ccncn2)C1. The van der Waals surface area contributed by atoms with Gasteiger partial charge in [0.1, 0.15) is 18.2 Å². The van der Waals surface area contributed by atoms with Crippen molar-refractivity contribution in [2.75, 3.05) is 13.1 Å². The van der Waals surface area contributed by atoms with Gasteiger partial charge in [0.15, 0.2) is 0 Å². The first-order chi connectivity index (χ1) is 11.1. The minimum absolute atomic E-state index is 0.0415. The number of rotatable bonds is 4. The van der Waals surface area contributed by atoms with Crippen LogP contribution in [0.3, 0.4) is 0 Å². The molecule has 1 saturated heterocycles. The fourth-order valence-corrected chi connectivity index (χ4v) is 4.06. The van der Waals surface area contributed by atoms with Gasteiger partial charge in [0.2, 0.25) is 15.9 Å². The van der Waals surface area contributed by atoms with Gasteiger partial charge in [-0.25, -0.2) is 22.8 Å². The average molecular weight is 337 g/mol. The summed E-state index contributed by atoms with van der Waals surface area (Å²) in [7, 11) is -3.73. The normalized spacial score (nSPS) is 19.4.